The monoisotopic (exact) mass is 336 g/mol. The Morgan fingerprint density at radius 3 is 2.14 bits per heavy atom. The summed E-state index contributed by atoms with van der Waals surface area (Å²) in [6, 6.07) is 7.18. The van der Waals surface area contributed by atoms with Crippen LogP contribution in [0.2, 0.25) is 0 Å². The Labute approximate surface area is 156 Å². The van der Waals surface area contributed by atoms with Crippen LogP contribution in [-0.4, -0.2) is 23.8 Å². The van der Waals surface area contributed by atoms with E-state index in [9.17, 15) is 18.1 Å². The van der Waals surface area contributed by atoms with Gasteiger partial charge in [0.15, 0.2) is 0 Å². The normalized spacial score (nSPS) is 12.7. The van der Waals surface area contributed by atoms with Crippen LogP contribution in [0, 0.1) is 0 Å². The van der Waals surface area contributed by atoms with Crippen LogP contribution in [0.5, 0.6) is 0 Å². The number of unbranched alkanes of at least 4 members (excludes halogenated alkanes) is 5. The minimum absolute atomic E-state index is 0. The molecule has 0 saturated carbocycles. The van der Waals surface area contributed by atoms with Crippen molar-refractivity contribution in [3.63, 3.8) is 0 Å². The summed E-state index contributed by atoms with van der Waals surface area (Å²) >= 11 is 0. The van der Waals surface area contributed by atoms with E-state index in [0.29, 0.717) is 5.56 Å². The minimum Gasteiger partial charge on any atom is -0.748 e. The first-order valence-electron chi connectivity index (χ1n) is 7.63. The van der Waals surface area contributed by atoms with Crippen LogP contribution in [0.3, 0.4) is 0 Å². The molecule has 0 radical (unpaired) electrons. The van der Waals surface area contributed by atoms with Crippen molar-refractivity contribution in [2.24, 2.45) is 0 Å². The first-order chi connectivity index (χ1) is 9.92. The van der Waals surface area contributed by atoms with Gasteiger partial charge in [-0.1, -0.05) is 63.3 Å². The number of aliphatic hydroxyl groups is 1. The first kappa shape index (κ1) is 22.1. The van der Waals surface area contributed by atoms with E-state index < -0.39 is 22.0 Å². The van der Waals surface area contributed by atoms with Gasteiger partial charge < -0.3 is 9.66 Å². The van der Waals surface area contributed by atoms with E-state index in [-0.39, 0.29) is 29.6 Å². The summed E-state index contributed by atoms with van der Waals surface area (Å²) in [6.07, 6.45) is 7.23. The molecule has 1 aromatic rings. The van der Waals surface area contributed by atoms with Crippen molar-refractivity contribution < 1.29 is 47.6 Å². The number of aryl methyl sites for hydroxylation is 1. The summed E-state index contributed by atoms with van der Waals surface area (Å²) in [5.74, 6) is -0.774. The van der Waals surface area contributed by atoms with Crippen molar-refractivity contribution in [2.75, 3.05) is 5.75 Å². The Balaban J connectivity index is 0.00000441. The zero-order chi connectivity index (χ0) is 15.7. The second-order valence-corrected chi connectivity index (χ2v) is 6.95. The third kappa shape index (κ3) is 9.98. The third-order valence-electron chi connectivity index (χ3n) is 3.55. The Kier molecular flexibility index (Phi) is 11.6. The summed E-state index contributed by atoms with van der Waals surface area (Å²) in [5.41, 5.74) is 1.65. The van der Waals surface area contributed by atoms with Crippen molar-refractivity contribution in [3.8, 4) is 0 Å². The van der Waals surface area contributed by atoms with Crippen molar-refractivity contribution in [1.29, 1.82) is 0 Å². The third-order valence-corrected chi connectivity index (χ3v) is 4.27. The molecule has 1 N–H and O–H groups in total. The molecule has 1 rings (SSSR count). The molecule has 0 aliphatic carbocycles. The quantitative estimate of drug-likeness (QED) is 0.375. The Hall–Kier alpha value is 0.0900. The average Bonchev–Trinajstić information content (AvgIpc) is 2.41. The molecule has 0 bridgehead atoms. The van der Waals surface area contributed by atoms with Gasteiger partial charge in [0.25, 0.3) is 0 Å². The van der Waals surface area contributed by atoms with Crippen LogP contribution in [0.4, 0.5) is 0 Å². The fraction of sp³-hybridized carbons (Fsp3) is 0.625. The maximum absolute atomic E-state index is 10.6. The van der Waals surface area contributed by atoms with E-state index >= 15 is 0 Å². The van der Waals surface area contributed by atoms with Crippen LogP contribution in [-0.2, 0) is 16.5 Å². The zero-order valence-electron chi connectivity index (χ0n) is 13.6. The van der Waals surface area contributed by atoms with Crippen LogP contribution in [0.1, 0.15) is 62.7 Å². The maximum Gasteiger partial charge on any atom is 1.00 e. The Morgan fingerprint density at radius 1 is 1.05 bits per heavy atom. The van der Waals surface area contributed by atoms with Gasteiger partial charge in [-0.05, 0) is 24.0 Å². The summed E-state index contributed by atoms with van der Waals surface area (Å²) < 4.78 is 31.8. The van der Waals surface area contributed by atoms with Gasteiger partial charge in [0, 0.05) is 0 Å². The fourth-order valence-corrected chi connectivity index (χ4v) is 2.88. The largest absolute Gasteiger partial charge is 1.00 e. The number of benzene rings is 1. The molecule has 0 fully saturated rings. The van der Waals surface area contributed by atoms with Gasteiger partial charge in [0.2, 0.25) is 0 Å². The number of rotatable bonds is 10. The molecule has 0 saturated heterocycles. The smallest absolute Gasteiger partial charge is 0.748 e. The fourth-order valence-electron chi connectivity index (χ4n) is 2.31. The van der Waals surface area contributed by atoms with E-state index in [1.54, 1.807) is 12.1 Å². The molecular weight excluding hydrogens is 311 g/mol. The standard InChI is InChI=1S/C16H26O4S.Na/c1-2-3-4-5-6-7-8-14-9-11-15(12-10-14)16(17)13-21(18,19)20;/h9-12,16-17H,2-8,13H2,1H3,(H,18,19,20);/q;+1/p-1. The second kappa shape index (κ2) is 11.6. The molecule has 0 spiro atoms. The second-order valence-electron chi connectivity index (χ2n) is 5.50. The molecule has 0 aliphatic heterocycles. The van der Waals surface area contributed by atoms with Gasteiger partial charge >= 0.3 is 29.6 Å². The number of hydrogen-bond acceptors (Lipinski definition) is 4. The molecule has 0 aliphatic rings. The van der Waals surface area contributed by atoms with E-state index in [1.165, 1.54) is 37.7 Å². The van der Waals surface area contributed by atoms with Gasteiger partial charge in [0.05, 0.1) is 22.0 Å². The summed E-state index contributed by atoms with van der Waals surface area (Å²) in [6.45, 7) is 2.20. The molecule has 0 aromatic heterocycles. The van der Waals surface area contributed by atoms with E-state index in [0.717, 1.165) is 12.8 Å². The predicted molar refractivity (Wildman–Crippen MR) is 83.0 cm³/mol. The molecule has 1 unspecified atom stereocenters. The predicted octanol–water partition coefficient (Wildman–Crippen LogP) is 0.172. The van der Waals surface area contributed by atoms with Gasteiger partial charge in [-0.2, -0.15) is 0 Å². The summed E-state index contributed by atoms with van der Waals surface area (Å²) in [4.78, 5) is 0. The maximum atomic E-state index is 10.6. The van der Waals surface area contributed by atoms with Crippen LogP contribution < -0.4 is 29.6 Å². The van der Waals surface area contributed by atoms with Gasteiger partial charge in [-0.25, -0.2) is 8.42 Å². The van der Waals surface area contributed by atoms with Crippen molar-refractivity contribution in [3.05, 3.63) is 35.4 Å². The molecule has 22 heavy (non-hydrogen) atoms. The number of aliphatic hydroxyl groups excluding tert-OH is 1. The van der Waals surface area contributed by atoms with Gasteiger partial charge in [-0.3, -0.25) is 0 Å². The van der Waals surface area contributed by atoms with Crippen molar-refractivity contribution in [1.82, 2.24) is 0 Å². The van der Waals surface area contributed by atoms with Crippen LogP contribution in [0.15, 0.2) is 24.3 Å². The zero-order valence-corrected chi connectivity index (χ0v) is 16.4. The Bertz CT molecular complexity index is 499. The molecule has 0 amide bonds. The SMILES string of the molecule is CCCCCCCCc1ccc(C(O)CS(=O)(=O)[O-])cc1.[Na+]. The molecule has 6 heteroatoms. The van der Waals surface area contributed by atoms with Gasteiger partial charge in [-0.15, -0.1) is 0 Å². The molecule has 1 atom stereocenters. The molecule has 120 valence electrons. The van der Waals surface area contributed by atoms with Crippen LogP contribution in [0.25, 0.3) is 0 Å². The molecule has 4 nitrogen and oxygen atoms in total. The summed E-state index contributed by atoms with van der Waals surface area (Å²) in [5, 5.41) is 9.66. The van der Waals surface area contributed by atoms with E-state index in [1.807, 2.05) is 12.1 Å². The van der Waals surface area contributed by atoms with Gasteiger partial charge in [0.1, 0.15) is 0 Å². The van der Waals surface area contributed by atoms with Crippen LogP contribution >= 0.6 is 0 Å². The Morgan fingerprint density at radius 2 is 1.59 bits per heavy atom. The molecular formula is C16H25NaO4S. The number of hydrogen-bond donors (Lipinski definition) is 1. The summed E-state index contributed by atoms with van der Waals surface area (Å²) in [7, 11) is -4.41. The topological polar surface area (TPSA) is 77.4 Å². The first-order valence-corrected chi connectivity index (χ1v) is 9.20. The minimum atomic E-state index is -4.41. The van der Waals surface area contributed by atoms with E-state index in [4.69, 9.17) is 0 Å². The van der Waals surface area contributed by atoms with E-state index in [2.05, 4.69) is 6.92 Å². The average molecular weight is 336 g/mol. The molecule has 0 heterocycles. The van der Waals surface area contributed by atoms with Crippen molar-refractivity contribution in [2.45, 2.75) is 58.0 Å². The van der Waals surface area contributed by atoms with Crippen molar-refractivity contribution >= 4 is 10.1 Å². The molecule has 1 aromatic carbocycles.